The molecule has 2 unspecified atom stereocenters. The smallest absolute Gasteiger partial charge is 0.227 e. The van der Waals surface area contributed by atoms with Gasteiger partial charge in [-0.2, -0.15) is 0 Å². The maximum absolute atomic E-state index is 12.5. The number of hydrogen-bond donors (Lipinski definition) is 1. The molecule has 1 aliphatic rings. The van der Waals surface area contributed by atoms with Gasteiger partial charge in [0.2, 0.25) is 5.91 Å². The van der Waals surface area contributed by atoms with Crippen LogP contribution in [0, 0.1) is 0 Å². The molecule has 1 fully saturated rings. The van der Waals surface area contributed by atoms with Crippen LogP contribution in [0.25, 0.3) is 10.8 Å². The fourth-order valence-electron chi connectivity index (χ4n) is 3.17. The third-order valence-corrected chi connectivity index (χ3v) is 4.08. The molecule has 110 valence electrons. The Kier molecular flexibility index (Phi) is 3.93. The van der Waals surface area contributed by atoms with Crippen LogP contribution in [0.5, 0.6) is 0 Å². The zero-order valence-electron chi connectivity index (χ0n) is 12.7. The zero-order valence-corrected chi connectivity index (χ0v) is 12.7. The van der Waals surface area contributed by atoms with E-state index >= 15 is 0 Å². The number of rotatable bonds is 2. The van der Waals surface area contributed by atoms with Crippen LogP contribution in [0.4, 0.5) is 0 Å². The number of nitrogens with one attached hydrogen (secondary N) is 1. The fourth-order valence-corrected chi connectivity index (χ4v) is 3.17. The normalized spacial score (nSPS) is 22.5. The van der Waals surface area contributed by atoms with Crippen molar-refractivity contribution in [2.75, 3.05) is 13.1 Å². The zero-order chi connectivity index (χ0) is 14.8. The number of hydrogen-bond acceptors (Lipinski definition) is 2. The Morgan fingerprint density at radius 1 is 1.10 bits per heavy atom. The van der Waals surface area contributed by atoms with Crippen LogP contribution in [0.2, 0.25) is 0 Å². The maximum atomic E-state index is 12.5. The lowest BCUT2D eigenvalue weighted by Gasteiger charge is -2.36. The van der Waals surface area contributed by atoms with E-state index in [4.69, 9.17) is 0 Å². The fraction of sp³-hybridized carbons (Fsp3) is 0.389. The van der Waals surface area contributed by atoms with E-state index in [0.717, 1.165) is 18.7 Å². The van der Waals surface area contributed by atoms with E-state index < -0.39 is 0 Å². The van der Waals surface area contributed by atoms with Gasteiger partial charge in [0, 0.05) is 25.2 Å². The number of fused-ring (bicyclic) bond motifs is 1. The lowest BCUT2D eigenvalue weighted by molar-refractivity contribution is -0.132. The molecular weight excluding hydrogens is 260 g/mol. The van der Waals surface area contributed by atoms with Gasteiger partial charge in [0.05, 0.1) is 6.42 Å². The van der Waals surface area contributed by atoms with Crippen LogP contribution in [0.3, 0.4) is 0 Å². The number of amides is 1. The third kappa shape index (κ3) is 3.24. The van der Waals surface area contributed by atoms with Gasteiger partial charge in [-0.25, -0.2) is 0 Å². The summed E-state index contributed by atoms with van der Waals surface area (Å²) in [4.78, 5) is 14.5. The standard InChI is InChI=1S/C18H22N2O/c1-13-11-20(12-14(2)19-13)18(21)10-15-7-8-16-5-3-4-6-17(16)9-15/h3-9,13-14,19H,10-12H2,1-2H3. The van der Waals surface area contributed by atoms with Gasteiger partial charge in [-0.15, -0.1) is 0 Å². The average molecular weight is 282 g/mol. The minimum Gasteiger partial charge on any atom is -0.339 e. The van der Waals surface area contributed by atoms with Crippen molar-refractivity contribution in [3.8, 4) is 0 Å². The highest BCUT2D eigenvalue weighted by atomic mass is 16.2. The Morgan fingerprint density at radius 2 is 1.76 bits per heavy atom. The summed E-state index contributed by atoms with van der Waals surface area (Å²) in [6, 6.07) is 15.3. The Hall–Kier alpha value is -1.87. The van der Waals surface area contributed by atoms with Gasteiger partial charge in [-0.1, -0.05) is 42.5 Å². The lowest BCUT2D eigenvalue weighted by Crippen LogP contribution is -2.56. The van der Waals surface area contributed by atoms with Crippen molar-refractivity contribution in [2.24, 2.45) is 0 Å². The molecule has 2 aromatic rings. The van der Waals surface area contributed by atoms with Crippen molar-refractivity contribution in [2.45, 2.75) is 32.4 Å². The van der Waals surface area contributed by atoms with E-state index in [1.54, 1.807) is 0 Å². The summed E-state index contributed by atoms with van der Waals surface area (Å²) < 4.78 is 0. The molecule has 21 heavy (non-hydrogen) atoms. The molecule has 1 saturated heterocycles. The topological polar surface area (TPSA) is 32.3 Å². The maximum Gasteiger partial charge on any atom is 0.227 e. The van der Waals surface area contributed by atoms with Gasteiger partial charge in [0.25, 0.3) is 0 Å². The molecule has 0 saturated carbocycles. The Bertz CT molecular complexity index is 642. The molecule has 2 atom stereocenters. The second-order valence-electron chi connectivity index (χ2n) is 6.13. The summed E-state index contributed by atoms with van der Waals surface area (Å²) in [5, 5.41) is 5.88. The molecule has 1 aliphatic heterocycles. The van der Waals surface area contributed by atoms with E-state index in [2.05, 4.69) is 49.5 Å². The Labute approximate surface area is 125 Å². The van der Waals surface area contributed by atoms with Gasteiger partial charge < -0.3 is 10.2 Å². The van der Waals surface area contributed by atoms with E-state index in [-0.39, 0.29) is 5.91 Å². The summed E-state index contributed by atoms with van der Waals surface area (Å²) in [5.41, 5.74) is 1.09. The molecule has 1 N–H and O–H groups in total. The van der Waals surface area contributed by atoms with Crippen molar-refractivity contribution in [1.29, 1.82) is 0 Å². The van der Waals surface area contributed by atoms with Gasteiger partial charge in [-0.05, 0) is 30.2 Å². The average Bonchev–Trinajstić information content (AvgIpc) is 2.46. The molecule has 0 bridgehead atoms. The highest BCUT2D eigenvalue weighted by Gasteiger charge is 2.24. The number of carbonyl (C=O) groups excluding carboxylic acids is 1. The molecule has 2 aromatic carbocycles. The summed E-state index contributed by atoms with van der Waals surface area (Å²) in [7, 11) is 0. The second-order valence-corrected chi connectivity index (χ2v) is 6.13. The van der Waals surface area contributed by atoms with Gasteiger partial charge >= 0.3 is 0 Å². The number of nitrogens with zero attached hydrogens (tertiary/aromatic N) is 1. The summed E-state index contributed by atoms with van der Waals surface area (Å²) in [5.74, 6) is 0.227. The van der Waals surface area contributed by atoms with E-state index in [0.29, 0.717) is 18.5 Å². The second kappa shape index (κ2) is 5.86. The van der Waals surface area contributed by atoms with Crippen LogP contribution in [0.15, 0.2) is 42.5 Å². The SMILES string of the molecule is CC1CN(C(=O)Cc2ccc3ccccc3c2)CC(C)N1. The first-order valence-electron chi connectivity index (χ1n) is 7.63. The molecule has 0 radical (unpaired) electrons. The molecular formula is C18H22N2O. The molecule has 3 rings (SSSR count). The first kappa shape index (κ1) is 14.1. The quantitative estimate of drug-likeness (QED) is 0.918. The minimum atomic E-state index is 0.227. The van der Waals surface area contributed by atoms with Gasteiger partial charge in [0.1, 0.15) is 0 Å². The number of piperazine rings is 1. The van der Waals surface area contributed by atoms with Crippen LogP contribution in [-0.4, -0.2) is 36.0 Å². The molecule has 0 aromatic heterocycles. The van der Waals surface area contributed by atoms with Crippen LogP contribution in [0.1, 0.15) is 19.4 Å². The highest BCUT2D eigenvalue weighted by Crippen LogP contribution is 2.17. The molecule has 0 aliphatic carbocycles. The van der Waals surface area contributed by atoms with Crippen molar-refractivity contribution < 1.29 is 4.79 Å². The van der Waals surface area contributed by atoms with E-state index in [1.807, 2.05) is 17.0 Å². The first-order valence-corrected chi connectivity index (χ1v) is 7.63. The molecule has 3 nitrogen and oxygen atoms in total. The highest BCUT2D eigenvalue weighted by molar-refractivity contribution is 5.85. The van der Waals surface area contributed by atoms with E-state index in [9.17, 15) is 4.79 Å². The molecule has 0 spiro atoms. The third-order valence-electron chi connectivity index (χ3n) is 4.08. The molecule has 1 heterocycles. The molecule has 1 amide bonds. The summed E-state index contributed by atoms with van der Waals surface area (Å²) in [6.07, 6.45) is 0.490. The molecule has 3 heteroatoms. The van der Waals surface area contributed by atoms with Crippen LogP contribution in [-0.2, 0) is 11.2 Å². The number of carbonyl (C=O) groups is 1. The first-order chi connectivity index (χ1) is 10.1. The Balaban J connectivity index is 1.73. The predicted octanol–water partition coefficient (Wildman–Crippen LogP) is 2.59. The van der Waals surface area contributed by atoms with E-state index in [1.165, 1.54) is 10.8 Å². The Morgan fingerprint density at radius 3 is 2.48 bits per heavy atom. The van der Waals surface area contributed by atoms with Crippen molar-refractivity contribution in [1.82, 2.24) is 10.2 Å². The van der Waals surface area contributed by atoms with Gasteiger partial charge in [-0.3, -0.25) is 4.79 Å². The summed E-state index contributed by atoms with van der Waals surface area (Å²) >= 11 is 0. The summed E-state index contributed by atoms with van der Waals surface area (Å²) in [6.45, 7) is 5.87. The predicted molar refractivity (Wildman–Crippen MR) is 86.3 cm³/mol. The van der Waals surface area contributed by atoms with Crippen molar-refractivity contribution >= 4 is 16.7 Å². The monoisotopic (exact) mass is 282 g/mol. The van der Waals surface area contributed by atoms with Crippen LogP contribution >= 0.6 is 0 Å². The lowest BCUT2D eigenvalue weighted by atomic mass is 10.0. The van der Waals surface area contributed by atoms with Crippen molar-refractivity contribution in [3.05, 3.63) is 48.0 Å². The number of benzene rings is 2. The minimum absolute atomic E-state index is 0.227. The largest absolute Gasteiger partial charge is 0.339 e. The van der Waals surface area contributed by atoms with Crippen molar-refractivity contribution in [3.63, 3.8) is 0 Å². The van der Waals surface area contributed by atoms with Gasteiger partial charge in [0.15, 0.2) is 0 Å². The van der Waals surface area contributed by atoms with Crippen LogP contribution < -0.4 is 5.32 Å².